The first kappa shape index (κ1) is 41.7. The summed E-state index contributed by atoms with van der Waals surface area (Å²) in [6, 6.07) is 29.5. The van der Waals surface area contributed by atoms with Crippen molar-refractivity contribution in [3.63, 3.8) is 0 Å². The van der Waals surface area contributed by atoms with Crippen molar-refractivity contribution in [2.24, 2.45) is 11.8 Å². The predicted octanol–water partition coefficient (Wildman–Crippen LogP) is 5.62. The van der Waals surface area contributed by atoms with Gasteiger partial charge in [0.05, 0.1) is 31.4 Å². The fourth-order valence-electron chi connectivity index (χ4n) is 8.34. The lowest BCUT2D eigenvalue weighted by Crippen LogP contribution is -2.35. The fraction of sp³-hybridized carbons (Fsp3) is 0.413. The van der Waals surface area contributed by atoms with Crippen molar-refractivity contribution < 1.29 is 38.8 Å². The van der Waals surface area contributed by atoms with Crippen molar-refractivity contribution in [3.05, 3.63) is 108 Å². The molecule has 4 aromatic rings. The second kappa shape index (κ2) is 20.0. The molecule has 13 heteroatoms. The lowest BCUT2D eigenvalue weighted by Gasteiger charge is -2.24. The Bertz CT molecular complexity index is 2030. The van der Waals surface area contributed by atoms with Gasteiger partial charge in [-0.25, -0.2) is 4.79 Å². The van der Waals surface area contributed by atoms with Crippen LogP contribution in [0.2, 0.25) is 0 Å². The normalized spacial score (nSPS) is 18.9. The van der Waals surface area contributed by atoms with Gasteiger partial charge in [0.1, 0.15) is 17.5 Å². The van der Waals surface area contributed by atoms with Crippen molar-refractivity contribution >= 4 is 29.3 Å². The highest BCUT2D eigenvalue weighted by atomic mass is 16.6. The van der Waals surface area contributed by atoms with Gasteiger partial charge in [-0.1, -0.05) is 72.8 Å². The Hall–Kier alpha value is -5.47. The molecule has 1 aliphatic carbocycles. The van der Waals surface area contributed by atoms with Gasteiger partial charge >= 0.3 is 6.09 Å². The molecule has 0 radical (unpaired) electrons. The number of benzene rings is 4. The monoisotopic (exact) mass is 805 g/mol. The molecule has 1 saturated carbocycles. The number of phenolic OH excluding ortho intramolecular Hbond substituents is 1. The third-order valence-electron chi connectivity index (χ3n) is 11.6. The van der Waals surface area contributed by atoms with Gasteiger partial charge in [0, 0.05) is 57.4 Å². The van der Waals surface area contributed by atoms with Gasteiger partial charge in [0.15, 0.2) is 12.4 Å². The summed E-state index contributed by atoms with van der Waals surface area (Å²) < 4.78 is 17.2. The van der Waals surface area contributed by atoms with E-state index in [1.165, 1.54) is 17.2 Å². The van der Waals surface area contributed by atoms with Crippen LogP contribution in [0.15, 0.2) is 91.0 Å². The smallest absolute Gasteiger partial charge is 0.411 e. The zero-order valence-electron chi connectivity index (χ0n) is 33.6. The second-order valence-corrected chi connectivity index (χ2v) is 15.7. The number of hydrogen-bond acceptors (Lipinski definition) is 10. The maximum Gasteiger partial charge on any atom is 0.411 e. The topological polar surface area (TPSA) is 162 Å². The number of para-hydroxylation sites is 1. The van der Waals surface area contributed by atoms with Gasteiger partial charge < -0.3 is 44.9 Å². The molecule has 7 rings (SSSR count). The predicted molar refractivity (Wildman–Crippen MR) is 225 cm³/mol. The van der Waals surface area contributed by atoms with E-state index in [1.54, 1.807) is 18.0 Å². The van der Waals surface area contributed by atoms with Gasteiger partial charge in [-0.05, 0) is 72.4 Å². The summed E-state index contributed by atoms with van der Waals surface area (Å²) in [5.41, 5.74) is 5.89. The molecular weight excluding hydrogens is 751 g/mol. The Balaban J connectivity index is 0.726. The standard InChI is InChI=1S/C46H55N5O8/c1-50(22-20-47-27-41(53)38-15-16-40(52)44-45(38)58-30-42(54)49-44)43(55)19-24-57-23-18-32-13-11-31(12-14-32)17-21-51-28-34-25-36(26-35(34)29-51)59-46(56)48-39-10-6-5-9-37(39)33-7-3-2-4-8-33/h2-16,34-36,41,47,52-53H,17-30H2,1H3,(H,48,56)(H,49,54)/t34-,35+,36+,41-/m0/s1. The highest BCUT2D eigenvalue weighted by Gasteiger charge is 2.42. The molecule has 5 N–H and O–H groups in total. The molecule has 3 aliphatic rings. The lowest BCUT2D eigenvalue weighted by atomic mass is 10.0. The van der Waals surface area contributed by atoms with Crippen molar-refractivity contribution in [1.82, 2.24) is 15.1 Å². The molecule has 0 spiro atoms. The van der Waals surface area contributed by atoms with Crippen LogP contribution < -0.4 is 20.7 Å². The van der Waals surface area contributed by atoms with Gasteiger partial charge in [0.25, 0.3) is 5.91 Å². The zero-order valence-corrected chi connectivity index (χ0v) is 33.6. The van der Waals surface area contributed by atoms with E-state index in [2.05, 4.69) is 45.1 Å². The maximum atomic E-state index is 12.9. The SMILES string of the molecule is CN(CCNC[C@H](O)c1ccc(O)c2c1OCC(=O)N2)C(=O)CCOCCc1ccc(CCN2C[C@H]3C[C@H](OC(=O)Nc4ccccc4-c4ccccc4)C[C@H]3C2)cc1. The van der Waals surface area contributed by atoms with Crippen molar-refractivity contribution in [3.8, 4) is 22.6 Å². The van der Waals surface area contributed by atoms with Crippen LogP contribution in [0.25, 0.3) is 11.1 Å². The quantitative estimate of drug-likeness (QED) is 0.0631. The van der Waals surface area contributed by atoms with E-state index in [9.17, 15) is 24.6 Å². The first-order valence-electron chi connectivity index (χ1n) is 20.6. The minimum absolute atomic E-state index is 0.0210. The number of aliphatic hydroxyl groups excluding tert-OH is 1. The number of hydrogen-bond donors (Lipinski definition) is 5. The number of likely N-dealkylation sites (N-methyl/N-ethyl adjacent to an activating group) is 1. The largest absolute Gasteiger partial charge is 0.506 e. The van der Waals surface area contributed by atoms with Crippen LogP contribution in [-0.2, 0) is 31.9 Å². The van der Waals surface area contributed by atoms with Crippen LogP contribution in [-0.4, -0.2) is 110 Å². The molecule has 2 heterocycles. The number of carbonyl (C=O) groups is 3. The van der Waals surface area contributed by atoms with E-state index >= 15 is 0 Å². The molecule has 0 bridgehead atoms. The van der Waals surface area contributed by atoms with Crippen molar-refractivity contribution in [2.75, 3.05) is 76.8 Å². The average molecular weight is 806 g/mol. The van der Waals surface area contributed by atoms with Gasteiger partial charge in [-0.15, -0.1) is 0 Å². The van der Waals surface area contributed by atoms with Crippen LogP contribution >= 0.6 is 0 Å². The number of nitrogens with zero attached hydrogens (tertiary/aromatic N) is 2. The number of rotatable bonds is 18. The Morgan fingerprint density at radius 3 is 2.41 bits per heavy atom. The molecule has 4 aromatic carbocycles. The van der Waals surface area contributed by atoms with Crippen molar-refractivity contribution in [1.29, 1.82) is 0 Å². The van der Waals surface area contributed by atoms with E-state index in [1.807, 2.05) is 54.6 Å². The van der Waals surface area contributed by atoms with Crippen LogP contribution in [0.5, 0.6) is 11.5 Å². The highest BCUT2D eigenvalue weighted by Crippen LogP contribution is 2.42. The van der Waals surface area contributed by atoms with E-state index < -0.39 is 6.10 Å². The van der Waals surface area contributed by atoms with Crippen LogP contribution in [0.4, 0.5) is 16.2 Å². The number of aliphatic hydroxyl groups is 1. The van der Waals surface area contributed by atoms with E-state index in [4.69, 9.17) is 14.2 Å². The molecule has 4 atom stereocenters. The summed E-state index contributed by atoms with van der Waals surface area (Å²) in [5, 5.41) is 29.4. The summed E-state index contributed by atoms with van der Waals surface area (Å²) in [7, 11) is 1.74. The summed E-state index contributed by atoms with van der Waals surface area (Å²) in [6.07, 6.45) is 2.49. The number of nitrogens with one attached hydrogen (secondary N) is 3. The number of anilines is 2. The lowest BCUT2D eigenvalue weighted by molar-refractivity contribution is -0.131. The number of fused-ring (bicyclic) bond motifs is 2. The second-order valence-electron chi connectivity index (χ2n) is 15.7. The van der Waals surface area contributed by atoms with Crippen LogP contribution in [0.3, 0.4) is 0 Å². The first-order chi connectivity index (χ1) is 28.7. The number of likely N-dealkylation sites (tertiary alicyclic amines) is 1. The summed E-state index contributed by atoms with van der Waals surface area (Å²) >= 11 is 0. The highest BCUT2D eigenvalue weighted by molar-refractivity contribution is 5.97. The summed E-state index contributed by atoms with van der Waals surface area (Å²) in [4.78, 5) is 41.3. The van der Waals surface area contributed by atoms with Crippen LogP contribution in [0, 0.1) is 11.8 Å². The Morgan fingerprint density at radius 2 is 1.64 bits per heavy atom. The first-order valence-corrected chi connectivity index (χ1v) is 20.6. The van der Waals surface area contributed by atoms with Gasteiger partial charge in [-0.3, -0.25) is 14.9 Å². The van der Waals surface area contributed by atoms with Crippen molar-refractivity contribution in [2.45, 2.75) is 44.3 Å². The Kier molecular flexibility index (Phi) is 14.1. The molecule has 1 saturated heterocycles. The average Bonchev–Trinajstić information content (AvgIpc) is 3.80. The number of carbonyl (C=O) groups excluding carboxylic acids is 3. The maximum absolute atomic E-state index is 12.9. The number of ether oxygens (including phenoxy) is 3. The Morgan fingerprint density at radius 1 is 0.932 bits per heavy atom. The fourth-order valence-corrected chi connectivity index (χ4v) is 8.34. The summed E-state index contributed by atoms with van der Waals surface area (Å²) in [5.74, 6) is 0.846. The number of phenols is 1. The van der Waals surface area contributed by atoms with E-state index in [0.29, 0.717) is 43.7 Å². The molecular formula is C46H55N5O8. The Labute approximate surface area is 345 Å². The molecule has 0 unspecified atom stereocenters. The minimum Gasteiger partial charge on any atom is -0.506 e. The minimum atomic E-state index is -0.934. The number of amides is 3. The third-order valence-corrected chi connectivity index (χ3v) is 11.6. The molecule has 59 heavy (non-hydrogen) atoms. The summed E-state index contributed by atoms with van der Waals surface area (Å²) in [6.45, 7) is 4.92. The molecule has 2 fully saturated rings. The van der Waals surface area contributed by atoms with Gasteiger partial charge in [-0.2, -0.15) is 0 Å². The third kappa shape index (κ3) is 11.2. The molecule has 312 valence electrons. The van der Waals surface area contributed by atoms with E-state index in [0.717, 1.165) is 62.1 Å². The molecule has 2 aliphatic heterocycles. The van der Waals surface area contributed by atoms with Crippen LogP contribution in [0.1, 0.15) is 42.1 Å². The molecule has 3 amide bonds. The molecule has 13 nitrogen and oxygen atoms in total. The molecule has 0 aromatic heterocycles. The van der Waals surface area contributed by atoms with E-state index in [-0.39, 0.29) is 60.8 Å². The van der Waals surface area contributed by atoms with Gasteiger partial charge in [0.2, 0.25) is 5.91 Å². The zero-order chi connectivity index (χ0) is 41.1. The number of aromatic hydroxyl groups is 1.